The summed E-state index contributed by atoms with van der Waals surface area (Å²) in [4.78, 5) is 19.2. The van der Waals surface area contributed by atoms with Gasteiger partial charge in [0.2, 0.25) is 17.8 Å². The van der Waals surface area contributed by atoms with Crippen LogP contribution in [0.25, 0.3) is 10.9 Å². The van der Waals surface area contributed by atoms with Crippen LogP contribution >= 0.6 is 0 Å². The molecule has 8 nitrogen and oxygen atoms in total. The molecule has 5 rings (SSSR count). The number of para-hydroxylation sites is 2. The predicted molar refractivity (Wildman–Crippen MR) is 125 cm³/mol. The average molecular weight is 413 g/mol. The minimum Gasteiger partial charge on any atom is -0.361 e. The quantitative estimate of drug-likeness (QED) is 0.318. The molecule has 0 amide bonds. The molecule has 0 unspecified atom stereocenters. The number of anilines is 4. The van der Waals surface area contributed by atoms with Gasteiger partial charge in [0.05, 0.1) is 6.21 Å². The Hall–Kier alpha value is -3.94. The van der Waals surface area contributed by atoms with Gasteiger partial charge in [-0.15, -0.1) is 0 Å². The van der Waals surface area contributed by atoms with Crippen LogP contribution in [0, 0.1) is 0 Å². The van der Waals surface area contributed by atoms with Gasteiger partial charge in [0.25, 0.3) is 0 Å². The van der Waals surface area contributed by atoms with Gasteiger partial charge in [0.1, 0.15) is 0 Å². The van der Waals surface area contributed by atoms with Crippen molar-refractivity contribution in [1.82, 2.24) is 19.9 Å². The first-order valence-corrected chi connectivity index (χ1v) is 10.5. The maximum absolute atomic E-state index is 4.65. The summed E-state index contributed by atoms with van der Waals surface area (Å²) in [5.41, 5.74) is 5.97. The van der Waals surface area contributed by atoms with E-state index < -0.39 is 0 Å². The predicted octanol–water partition coefficient (Wildman–Crippen LogP) is 4.53. The summed E-state index contributed by atoms with van der Waals surface area (Å²) >= 11 is 0. The van der Waals surface area contributed by atoms with E-state index in [9.17, 15) is 0 Å². The van der Waals surface area contributed by atoms with E-state index in [4.69, 9.17) is 0 Å². The summed E-state index contributed by atoms with van der Waals surface area (Å²) in [7, 11) is 0. The largest absolute Gasteiger partial charge is 0.361 e. The molecule has 0 radical (unpaired) electrons. The highest BCUT2D eigenvalue weighted by molar-refractivity contribution is 5.99. The van der Waals surface area contributed by atoms with Gasteiger partial charge in [-0.3, -0.25) is 0 Å². The Balaban J connectivity index is 1.40. The Morgan fingerprint density at radius 2 is 1.65 bits per heavy atom. The Morgan fingerprint density at radius 1 is 0.871 bits per heavy atom. The summed E-state index contributed by atoms with van der Waals surface area (Å²) in [5.74, 6) is 1.56. The van der Waals surface area contributed by atoms with Gasteiger partial charge in [-0.25, -0.2) is 5.43 Å². The van der Waals surface area contributed by atoms with Crippen molar-refractivity contribution in [2.24, 2.45) is 5.10 Å². The number of piperidine rings is 1. The highest BCUT2D eigenvalue weighted by Gasteiger charge is 2.16. The number of hydrazone groups is 1. The normalized spacial score (nSPS) is 14.3. The fourth-order valence-electron chi connectivity index (χ4n) is 3.72. The Morgan fingerprint density at radius 3 is 2.52 bits per heavy atom. The third-order valence-corrected chi connectivity index (χ3v) is 5.28. The fourth-order valence-corrected chi connectivity index (χ4v) is 3.72. The summed E-state index contributed by atoms with van der Waals surface area (Å²) in [6.07, 6.45) is 7.25. The average Bonchev–Trinajstić information content (AvgIpc) is 3.23. The molecule has 4 aromatic rings. The maximum Gasteiger partial charge on any atom is 0.250 e. The number of nitrogens with one attached hydrogen (secondary N) is 3. The molecule has 1 saturated heterocycles. The fraction of sp³-hybridized carbons (Fsp3) is 0.217. The minimum atomic E-state index is 0.407. The number of rotatable bonds is 6. The number of aromatic amines is 1. The molecule has 1 aliphatic heterocycles. The number of aromatic nitrogens is 4. The number of nitrogens with zero attached hydrogens (tertiary/aromatic N) is 5. The molecule has 0 bridgehead atoms. The van der Waals surface area contributed by atoms with E-state index in [1.807, 2.05) is 54.7 Å². The number of hydrogen-bond donors (Lipinski definition) is 3. The van der Waals surface area contributed by atoms with Crippen LogP contribution < -0.4 is 15.6 Å². The Bertz CT molecular complexity index is 1180. The van der Waals surface area contributed by atoms with Crippen LogP contribution in [0.4, 0.5) is 23.5 Å². The monoisotopic (exact) mass is 412 g/mol. The Labute approximate surface area is 180 Å². The van der Waals surface area contributed by atoms with E-state index in [1.54, 1.807) is 6.21 Å². The molecule has 1 aliphatic rings. The molecule has 0 spiro atoms. The van der Waals surface area contributed by atoms with E-state index in [2.05, 4.69) is 46.7 Å². The molecular formula is C23H24N8. The lowest BCUT2D eigenvalue weighted by atomic mass is 10.1. The molecule has 0 saturated carbocycles. The highest BCUT2D eigenvalue weighted by Crippen LogP contribution is 2.21. The molecule has 1 fully saturated rings. The summed E-state index contributed by atoms with van der Waals surface area (Å²) in [6, 6.07) is 18.0. The molecule has 2 aromatic heterocycles. The van der Waals surface area contributed by atoms with Crippen LogP contribution in [0.5, 0.6) is 0 Å². The first-order valence-electron chi connectivity index (χ1n) is 10.5. The van der Waals surface area contributed by atoms with Crippen LogP contribution in [-0.2, 0) is 0 Å². The number of fused-ring (bicyclic) bond motifs is 1. The Kier molecular flexibility index (Phi) is 5.42. The zero-order valence-electron chi connectivity index (χ0n) is 17.1. The minimum absolute atomic E-state index is 0.407. The van der Waals surface area contributed by atoms with Crippen molar-refractivity contribution in [2.75, 3.05) is 28.7 Å². The van der Waals surface area contributed by atoms with Gasteiger partial charge in [-0.05, 0) is 37.5 Å². The molecule has 8 heteroatoms. The second kappa shape index (κ2) is 8.83. The van der Waals surface area contributed by atoms with Crippen LogP contribution in [0.3, 0.4) is 0 Å². The molecule has 0 atom stereocenters. The third-order valence-electron chi connectivity index (χ3n) is 5.28. The van der Waals surface area contributed by atoms with Gasteiger partial charge in [0.15, 0.2) is 0 Å². The van der Waals surface area contributed by atoms with Gasteiger partial charge in [-0.2, -0.15) is 20.1 Å². The topological polar surface area (TPSA) is 94.1 Å². The standard InChI is InChI=1S/C23H24N8/c1-3-9-18(10-4-1)26-21-27-22(29-23(28-21)31-13-7-2-8-14-31)30-25-16-17-15-24-20-12-6-5-11-19(17)20/h1,3-6,9-12,15-16,24H,2,7-8,13-14H2,(H2,26,27,28,29,30)/b25-16-. The molecule has 31 heavy (non-hydrogen) atoms. The second-order valence-electron chi connectivity index (χ2n) is 7.48. The summed E-state index contributed by atoms with van der Waals surface area (Å²) in [6.45, 7) is 1.90. The van der Waals surface area contributed by atoms with E-state index >= 15 is 0 Å². The lowest BCUT2D eigenvalue weighted by molar-refractivity contribution is 0.568. The van der Waals surface area contributed by atoms with E-state index in [1.165, 1.54) is 6.42 Å². The van der Waals surface area contributed by atoms with Crippen molar-refractivity contribution in [3.63, 3.8) is 0 Å². The summed E-state index contributed by atoms with van der Waals surface area (Å²) in [5, 5.41) is 8.76. The lowest BCUT2D eigenvalue weighted by Crippen LogP contribution is -2.31. The van der Waals surface area contributed by atoms with Gasteiger partial charge < -0.3 is 15.2 Å². The van der Waals surface area contributed by atoms with Crippen LogP contribution in [0.2, 0.25) is 0 Å². The van der Waals surface area contributed by atoms with Crippen molar-refractivity contribution < 1.29 is 0 Å². The molecule has 2 aromatic carbocycles. The van der Waals surface area contributed by atoms with Crippen LogP contribution in [0.15, 0.2) is 65.9 Å². The van der Waals surface area contributed by atoms with Crippen molar-refractivity contribution in [1.29, 1.82) is 0 Å². The molecule has 0 aliphatic carbocycles. The zero-order valence-corrected chi connectivity index (χ0v) is 17.1. The molecule has 3 N–H and O–H groups in total. The van der Waals surface area contributed by atoms with Gasteiger partial charge in [-0.1, -0.05) is 36.4 Å². The van der Waals surface area contributed by atoms with E-state index in [0.717, 1.165) is 48.1 Å². The van der Waals surface area contributed by atoms with Gasteiger partial charge >= 0.3 is 0 Å². The molecular weight excluding hydrogens is 388 g/mol. The first kappa shape index (κ1) is 19.0. The molecule has 156 valence electrons. The van der Waals surface area contributed by atoms with Crippen molar-refractivity contribution in [3.8, 4) is 0 Å². The smallest absolute Gasteiger partial charge is 0.250 e. The number of benzene rings is 2. The number of H-pyrrole nitrogens is 1. The van der Waals surface area contributed by atoms with Crippen molar-refractivity contribution in [2.45, 2.75) is 19.3 Å². The van der Waals surface area contributed by atoms with Crippen LogP contribution in [0.1, 0.15) is 24.8 Å². The SMILES string of the molecule is C(=N/Nc1nc(Nc2ccccc2)nc(N2CCCCC2)n1)/c1c[nH]c2ccccc12. The van der Waals surface area contributed by atoms with E-state index in [-0.39, 0.29) is 0 Å². The van der Waals surface area contributed by atoms with Crippen molar-refractivity contribution >= 4 is 40.6 Å². The highest BCUT2D eigenvalue weighted by atomic mass is 15.4. The second-order valence-corrected chi connectivity index (χ2v) is 7.48. The third kappa shape index (κ3) is 4.48. The zero-order chi connectivity index (χ0) is 20.9. The number of hydrogen-bond acceptors (Lipinski definition) is 7. The van der Waals surface area contributed by atoms with Crippen LogP contribution in [-0.4, -0.2) is 39.2 Å². The maximum atomic E-state index is 4.65. The molecule has 3 heterocycles. The van der Waals surface area contributed by atoms with Crippen molar-refractivity contribution in [3.05, 3.63) is 66.4 Å². The first-order chi connectivity index (χ1) is 15.3. The lowest BCUT2D eigenvalue weighted by Gasteiger charge is -2.26. The van der Waals surface area contributed by atoms with E-state index in [0.29, 0.717) is 17.8 Å². The van der Waals surface area contributed by atoms with Gasteiger partial charge in [0, 0.05) is 41.4 Å². The summed E-state index contributed by atoms with van der Waals surface area (Å²) < 4.78 is 0.